The van der Waals surface area contributed by atoms with Crippen LogP contribution in [0.25, 0.3) is 6.08 Å². The van der Waals surface area contributed by atoms with Gasteiger partial charge in [0.05, 0.1) is 17.3 Å². The van der Waals surface area contributed by atoms with Gasteiger partial charge < -0.3 is 10.2 Å². The van der Waals surface area contributed by atoms with Crippen molar-refractivity contribution < 1.29 is 18.8 Å². The normalized spacial score (nSPS) is 18.2. The number of aromatic nitrogens is 1. The third-order valence-electron chi connectivity index (χ3n) is 5.87. The van der Waals surface area contributed by atoms with E-state index in [2.05, 4.69) is 17.2 Å². The van der Waals surface area contributed by atoms with Gasteiger partial charge in [-0.25, -0.2) is 9.37 Å². The number of piperidine rings is 1. The van der Waals surface area contributed by atoms with Gasteiger partial charge in [-0.1, -0.05) is 25.5 Å². The molecule has 1 N–H and O–H groups in total. The number of nitrogens with zero attached hydrogens (tertiary/aromatic N) is 3. The molecule has 182 valence electrons. The minimum Gasteiger partial charge on any atom is -0.356 e. The number of rotatable bonds is 8. The smallest absolute Gasteiger partial charge is 0.246 e. The summed E-state index contributed by atoms with van der Waals surface area (Å²) in [6.07, 6.45) is 6.50. The monoisotopic (exact) mass is 486 g/mol. The maximum atomic E-state index is 14.3. The summed E-state index contributed by atoms with van der Waals surface area (Å²) in [5, 5.41) is 4.99. The number of hydrogen-bond acceptors (Lipinski definition) is 5. The topological polar surface area (TPSA) is 82.6 Å². The summed E-state index contributed by atoms with van der Waals surface area (Å²) in [6.45, 7) is 6.45. The minimum absolute atomic E-state index is 0.00346. The van der Waals surface area contributed by atoms with Gasteiger partial charge in [-0.2, -0.15) is 0 Å². The molecule has 0 aliphatic carbocycles. The average Bonchev–Trinajstić information content (AvgIpc) is 3.27. The van der Waals surface area contributed by atoms with Gasteiger partial charge in [0.2, 0.25) is 17.7 Å². The minimum atomic E-state index is -0.521. The molecule has 0 radical (unpaired) electrons. The van der Waals surface area contributed by atoms with Crippen LogP contribution < -0.4 is 10.2 Å². The Balaban J connectivity index is 1.68. The number of anilines is 2. The van der Waals surface area contributed by atoms with Crippen molar-refractivity contribution in [1.29, 1.82) is 0 Å². The zero-order valence-corrected chi connectivity index (χ0v) is 20.6. The predicted octanol–water partition coefficient (Wildman–Crippen LogP) is 4.52. The molecule has 1 aromatic carbocycles. The number of halogens is 1. The Morgan fingerprint density at radius 1 is 1.29 bits per heavy atom. The highest BCUT2D eigenvalue weighted by atomic mass is 32.1. The zero-order valence-electron chi connectivity index (χ0n) is 19.8. The number of thiazole rings is 1. The SMILES string of the molecule is CCCCNC(=O)C1CCC(C)N(C(=O)/C=C/c2csc(N(C(C)=O)c3ccccc3F)n2)C1. The van der Waals surface area contributed by atoms with Crippen LogP contribution in [0.15, 0.2) is 35.7 Å². The Kier molecular flexibility index (Phi) is 8.92. The molecular weight excluding hydrogens is 455 g/mol. The van der Waals surface area contributed by atoms with Crippen molar-refractivity contribution in [2.24, 2.45) is 5.92 Å². The molecule has 1 fully saturated rings. The number of nitrogens with one attached hydrogen (secondary N) is 1. The van der Waals surface area contributed by atoms with Crippen LogP contribution in [-0.4, -0.2) is 46.7 Å². The summed E-state index contributed by atoms with van der Waals surface area (Å²) in [5.74, 6) is -1.28. The Morgan fingerprint density at radius 3 is 2.76 bits per heavy atom. The van der Waals surface area contributed by atoms with Gasteiger partial charge in [-0.15, -0.1) is 11.3 Å². The second-order valence-electron chi connectivity index (χ2n) is 8.45. The number of para-hydroxylation sites is 1. The summed E-state index contributed by atoms with van der Waals surface area (Å²) in [5.41, 5.74) is 0.621. The third kappa shape index (κ3) is 6.28. The van der Waals surface area contributed by atoms with Crippen LogP contribution in [0, 0.1) is 11.7 Å². The maximum Gasteiger partial charge on any atom is 0.246 e. The third-order valence-corrected chi connectivity index (χ3v) is 6.72. The first-order valence-corrected chi connectivity index (χ1v) is 12.5. The Labute approximate surface area is 203 Å². The van der Waals surface area contributed by atoms with Gasteiger partial charge in [-0.3, -0.25) is 19.3 Å². The van der Waals surface area contributed by atoms with E-state index in [0.717, 1.165) is 25.7 Å². The average molecular weight is 487 g/mol. The van der Waals surface area contributed by atoms with Crippen LogP contribution >= 0.6 is 11.3 Å². The van der Waals surface area contributed by atoms with Gasteiger partial charge in [0, 0.05) is 37.5 Å². The summed E-state index contributed by atoms with van der Waals surface area (Å²) < 4.78 is 14.3. The lowest BCUT2D eigenvalue weighted by molar-refractivity contribution is -0.134. The van der Waals surface area contributed by atoms with Gasteiger partial charge in [0.25, 0.3) is 0 Å². The van der Waals surface area contributed by atoms with Crippen LogP contribution in [0.5, 0.6) is 0 Å². The van der Waals surface area contributed by atoms with E-state index in [9.17, 15) is 18.8 Å². The fourth-order valence-electron chi connectivity index (χ4n) is 3.91. The molecule has 2 heterocycles. The van der Waals surface area contributed by atoms with E-state index in [4.69, 9.17) is 0 Å². The van der Waals surface area contributed by atoms with Gasteiger partial charge >= 0.3 is 0 Å². The van der Waals surface area contributed by atoms with Gasteiger partial charge in [0.1, 0.15) is 5.82 Å². The molecule has 2 aromatic rings. The zero-order chi connectivity index (χ0) is 24.7. The second-order valence-corrected chi connectivity index (χ2v) is 9.29. The second kappa shape index (κ2) is 11.9. The van der Waals surface area contributed by atoms with Crippen molar-refractivity contribution in [3.8, 4) is 0 Å². The number of carbonyl (C=O) groups excluding carboxylic acids is 3. The largest absolute Gasteiger partial charge is 0.356 e. The predicted molar refractivity (Wildman–Crippen MR) is 132 cm³/mol. The highest BCUT2D eigenvalue weighted by Gasteiger charge is 2.31. The maximum absolute atomic E-state index is 14.3. The molecule has 34 heavy (non-hydrogen) atoms. The van der Waals surface area contributed by atoms with E-state index in [1.807, 2.05) is 6.92 Å². The van der Waals surface area contributed by atoms with Gasteiger partial charge in [0.15, 0.2) is 5.13 Å². The number of amides is 3. The first-order valence-electron chi connectivity index (χ1n) is 11.6. The van der Waals surface area contributed by atoms with Crippen molar-refractivity contribution in [2.45, 2.75) is 52.5 Å². The lowest BCUT2D eigenvalue weighted by atomic mass is 9.92. The molecule has 7 nitrogen and oxygen atoms in total. The van der Waals surface area contributed by atoms with E-state index in [-0.39, 0.29) is 35.4 Å². The van der Waals surface area contributed by atoms with Crippen molar-refractivity contribution in [1.82, 2.24) is 15.2 Å². The molecule has 9 heteroatoms. The fourth-order valence-corrected chi connectivity index (χ4v) is 4.76. The molecule has 1 aliphatic heterocycles. The Bertz CT molecular complexity index is 1050. The van der Waals surface area contributed by atoms with Crippen molar-refractivity contribution in [3.05, 3.63) is 47.2 Å². The molecular formula is C25H31FN4O3S. The molecule has 2 unspecified atom stereocenters. The molecule has 1 aromatic heterocycles. The number of hydrogen-bond donors (Lipinski definition) is 1. The summed E-state index contributed by atoms with van der Waals surface area (Å²) in [4.78, 5) is 44.9. The molecule has 0 bridgehead atoms. The molecule has 0 spiro atoms. The number of carbonyl (C=O) groups is 3. The van der Waals surface area contributed by atoms with E-state index >= 15 is 0 Å². The summed E-state index contributed by atoms with van der Waals surface area (Å²) >= 11 is 1.19. The van der Waals surface area contributed by atoms with E-state index in [1.165, 1.54) is 41.4 Å². The number of benzene rings is 1. The van der Waals surface area contributed by atoms with E-state index < -0.39 is 5.82 Å². The Morgan fingerprint density at radius 2 is 2.06 bits per heavy atom. The van der Waals surface area contributed by atoms with Crippen LogP contribution in [0.3, 0.4) is 0 Å². The lowest BCUT2D eigenvalue weighted by Crippen LogP contribution is -2.49. The standard InChI is InChI=1S/C25H31FN4O3S/c1-4-5-14-27-24(33)19-11-10-17(2)29(15-19)23(32)13-12-20-16-34-25(28-20)30(18(3)31)22-9-7-6-8-21(22)26/h6-9,12-13,16-17,19H,4-5,10-11,14-15H2,1-3H3,(H,27,33)/b13-12+. The molecule has 3 rings (SSSR count). The molecule has 0 saturated carbocycles. The molecule has 3 amide bonds. The van der Waals surface area contributed by atoms with E-state index in [1.54, 1.807) is 28.5 Å². The first-order chi connectivity index (χ1) is 16.3. The Hall–Kier alpha value is -3.07. The highest BCUT2D eigenvalue weighted by molar-refractivity contribution is 7.14. The van der Waals surface area contributed by atoms with Crippen molar-refractivity contribution in [3.63, 3.8) is 0 Å². The van der Waals surface area contributed by atoms with E-state index in [0.29, 0.717) is 23.9 Å². The van der Waals surface area contributed by atoms with Crippen LogP contribution in [-0.2, 0) is 14.4 Å². The first kappa shape index (κ1) is 25.6. The van der Waals surface area contributed by atoms with Crippen molar-refractivity contribution >= 4 is 46.0 Å². The summed E-state index contributed by atoms with van der Waals surface area (Å²) in [6, 6.07) is 6.05. The quantitative estimate of drug-likeness (QED) is 0.439. The van der Waals surface area contributed by atoms with Crippen LogP contribution in [0.4, 0.5) is 15.2 Å². The molecule has 1 saturated heterocycles. The van der Waals surface area contributed by atoms with Crippen LogP contribution in [0.1, 0.15) is 52.1 Å². The number of unbranched alkanes of at least 4 members (excludes halogenated alkanes) is 1. The van der Waals surface area contributed by atoms with Gasteiger partial charge in [-0.05, 0) is 44.4 Å². The molecule has 1 aliphatic rings. The fraction of sp³-hybridized carbons (Fsp3) is 0.440. The number of likely N-dealkylation sites (tertiary alicyclic amines) is 1. The van der Waals surface area contributed by atoms with Crippen molar-refractivity contribution in [2.75, 3.05) is 18.0 Å². The van der Waals surface area contributed by atoms with Crippen LogP contribution in [0.2, 0.25) is 0 Å². The highest BCUT2D eigenvalue weighted by Crippen LogP contribution is 2.31. The molecule has 2 atom stereocenters. The lowest BCUT2D eigenvalue weighted by Gasteiger charge is -2.36. The summed E-state index contributed by atoms with van der Waals surface area (Å²) in [7, 11) is 0.